The molecule has 0 bridgehead atoms. The third kappa shape index (κ3) is 3.79. The molecule has 2 rings (SSSR count). The van der Waals surface area contributed by atoms with Crippen molar-refractivity contribution in [3.05, 3.63) is 52.1 Å². The maximum absolute atomic E-state index is 11.8. The highest BCUT2D eigenvalue weighted by Gasteiger charge is 2.04. The lowest BCUT2D eigenvalue weighted by atomic mass is 10.2. The van der Waals surface area contributed by atoms with Crippen molar-refractivity contribution in [2.45, 2.75) is 13.3 Å². The summed E-state index contributed by atoms with van der Waals surface area (Å²) in [5, 5.41) is 9.45. The lowest BCUT2D eigenvalue weighted by Gasteiger charge is -2.00. The van der Waals surface area contributed by atoms with E-state index in [-0.39, 0.29) is 5.91 Å². The minimum absolute atomic E-state index is 0.179. The largest absolute Gasteiger partial charge is 0.307 e. The summed E-state index contributed by atoms with van der Waals surface area (Å²) in [6.07, 6.45) is 5.81. The number of nitrogens with zero attached hydrogens (tertiary/aromatic N) is 1. The van der Waals surface area contributed by atoms with Crippen molar-refractivity contribution in [1.29, 1.82) is 0 Å². The topological polar surface area (TPSA) is 57.8 Å². The summed E-state index contributed by atoms with van der Waals surface area (Å²) in [5.74, 6) is 0.481. The summed E-state index contributed by atoms with van der Waals surface area (Å²) in [4.78, 5) is 11.8. The highest BCUT2D eigenvalue weighted by molar-refractivity contribution is 9.10. The molecule has 1 aromatic heterocycles. The zero-order valence-corrected chi connectivity index (χ0v) is 12.1. The number of benzene rings is 1. The summed E-state index contributed by atoms with van der Waals surface area (Å²) < 4.78 is 1.01. The van der Waals surface area contributed by atoms with Crippen LogP contribution in [-0.2, 0) is 11.2 Å². The highest BCUT2D eigenvalue weighted by Crippen LogP contribution is 2.13. The summed E-state index contributed by atoms with van der Waals surface area (Å²) in [5.41, 5.74) is 1.96. The number of H-pyrrole nitrogens is 1. The third-order valence-electron chi connectivity index (χ3n) is 2.64. The molecule has 0 saturated carbocycles. The summed E-state index contributed by atoms with van der Waals surface area (Å²) >= 11 is 3.37. The molecular weight excluding hydrogens is 306 g/mol. The Bertz CT molecular complexity index is 587. The second-order valence-corrected chi connectivity index (χ2v) is 4.91. The molecule has 1 aromatic carbocycles. The van der Waals surface area contributed by atoms with E-state index >= 15 is 0 Å². The van der Waals surface area contributed by atoms with Crippen molar-refractivity contribution in [2.75, 3.05) is 5.32 Å². The first-order valence-electron chi connectivity index (χ1n) is 5.96. The Hall–Kier alpha value is -1.88. The van der Waals surface area contributed by atoms with Crippen LogP contribution in [0.2, 0.25) is 0 Å². The highest BCUT2D eigenvalue weighted by atomic mass is 79.9. The van der Waals surface area contributed by atoms with Crippen LogP contribution >= 0.6 is 15.9 Å². The van der Waals surface area contributed by atoms with E-state index in [0.29, 0.717) is 5.82 Å². The fourth-order valence-corrected chi connectivity index (χ4v) is 1.86. The van der Waals surface area contributed by atoms with Gasteiger partial charge in [0.1, 0.15) is 5.82 Å². The molecule has 0 atom stereocenters. The average Bonchev–Trinajstić information content (AvgIpc) is 2.85. The fourth-order valence-electron chi connectivity index (χ4n) is 1.60. The Morgan fingerprint density at radius 1 is 1.42 bits per heavy atom. The summed E-state index contributed by atoms with van der Waals surface area (Å²) in [6.45, 7) is 2.01. The molecule has 0 unspecified atom stereocenters. The zero-order valence-electron chi connectivity index (χ0n) is 10.5. The number of aryl methyl sites for hydroxylation is 1. The maximum atomic E-state index is 11.8. The van der Waals surface area contributed by atoms with E-state index in [9.17, 15) is 4.79 Å². The van der Waals surface area contributed by atoms with Gasteiger partial charge in [-0.05, 0) is 30.2 Å². The van der Waals surface area contributed by atoms with Crippen molar-refractivity contribution >= 4 is 33.7 Å². The van der Waals surface area contributed by atoms with Crippen molar-refractivity contribution in [3.63, 3.8) is 0 Å². The van der Waals surface area contributed by atoms with Crippen LogP contribution in [0.3, 0.4) is 0 Å². The van der Waals surface area contributed by atoms with Crippen LogP contribution in [0.25, 0.3) is 6.08 Å². The molecule has 0 aliphatic rings. The van der Waals surface area contributed by atoms with Gasteiger partial charge < -0.3 is 5.32 Å². The first-order chi connectivity index (χ1) is 9.19. The predicted molar refractivity (Wildman–Crippen MR) is 79.8 cm³/mol. The molecule has 0 aliphatic carbocycles. The Morgan fingerprint density at radius 3 is 2.84 bits per heavy atom. The quantitative estimate of drug-likeness (QED) is 0.849. The van der Waals surface area contributed by atoms with Gasteiger partial charge >= 0.3 is 0 Å². The minimum atomic E-state index is -0.179. The molecular formula is C14H14BrN3O. The van der Waals surface area contributed by atoms with Crippen LogP contribution in [0.5, 0.6) is 0 Å². The van der Waals surface area contributed by atoms with Crippen molar-refractivity contribution in [3.8, 4) is 0 Å². The lowest BCUT2D eigenvalue weighted by Crippen LogP contribution is -2.09. The molecule has 5 heteroatoms. The van der Waals surface area contributed by atoms with Gasteiger partial charge in [-0.1, -0.05) is 35.0 Å². The number of rotatable bonds is 4. The Morgan fingerprint density at radius 2 is 2.16 bits per heavy atom. The fraction of sp³-hybridized carbons (Fsp3) is 0.143. The van der Waals surface area contributed by atoms with Gasteiger partial charge in [0.2, 0.25) is 5.91 Å². The van der Waals surface area contributed by atoms with Crippen molar-refractivity contribution in [2.24, 2.45) is 0 Å². The second-order valence-electron chi connectivity index (χ2n) is 4.00. The number of nitrogens with one attached hydrogen (secondary N) is 2. The van der Waals surface area contributed by atoms with Crippen LogP contribution < -0.4 is 5.32 Å². The summed E-state index contributed by atoms with van der Waals surface area (Å²) in [7, 11) is 0. The van der Waals surface area contributed by atoms with E-state index in [2.05, 4.69) is 31.4 Å². The van der Waals surface area contributed by atoms with Gasteiger partial charge in [0.05, 0.1) is 6.20 Å². The molecule has 2 aromatic rings. The van der Waals surface area contributed by atoms with Gasteiger partial charge in [-0.3, -0.25) is 9.89 Å². The normalized spacial score (nSPS) is 10.8. The number of aromatic amines is 1. The number of amides is 1. The molecule has 0 radical (unpaired) electrons. The molecule has 19 heavy (non-hydrogen) atoms. The van der Waals surface area contributed by atoms with Crippen molar-refractivity contribution < 1.29 is 4.79 Å². The Balaban J connectivity index is 1.99. The number of carbonyl (C=O) groups excluding carboxylic acids is 1. The number of carbonyl (C=O) groups is 1. The van der Waals surface area contributed by atoms with Crippen molar-refractivity contribution in [1.82, 2.24) is 10.2 Å². The molecule has 2 N–H and O–H groups in total. The second kappa shape index (κ2) is 6.33. The molecule has 0 fully saturated rings. The maximum Gasteiger partial charge on any atom is 0.249 e. The molecule has 4 nitrogen and oxygen atoms in total. The van der Waals surface area contributed by atoms with E-state index in [1.165, 1.54) is 6.08 Å². The zero-order chi connectivity index (χ0) is 13.7. The van der Waals surface area contributed by atoms with Gasteiger partial charge in [-0.2, -0.15) is 5.10 Å². The van der Waals surface area contributed by atoms with Gasteiger partial charge in [0.25, 0.3) is 0 Å². The van der Waals surface area contributed by atoms with Crippen LogP contribution in [0.4, 0.5) is 5.82 Å². The van der Waals surface area contributed by atoms with E-state index in [0.717, 1.165) is 22.0 Å². The van der Waals surface area contributed by atoms with Gasteiger partial charge in [-0.25, -0.2) is 0 Å². The monoisotopic (exact) mass is 319 g/mol. The van der Waals surface area contributed by atoms with Crippen LogP contribution in [0, 0.1) is 0 Å². The first-order valence-corrected chi connectivity index (χ1v) is 6.75. The smallest absolute Gasteiger partial charge is 0.249 e. The van der Waals surface area contributed by atoms with Crippen LogP contribution in [0.1, 0.15) is 18.1 Å². The number of halogens is 1. The van der Waals surface area contributed by atoms with E-state index in [1.807, 2.05) is 31.2 Å². The van der Waals surface area contributed by atoms with E-state index in [4.69, 9.17) is 0 Å². The predicted octanol–water partition coefficient (Wildman–Crippen LogP) is 3.39. The first kappa shape index (κ1) is 13.5. The average molecular weight is 320 g/mol. The number of hydrogen-bond acceptors (Lipinski definition) is 2. The minimum Gasteiger partial charge on any atom is -0.307 e. The lowest BCUT2D eigenvalue weighted by molar-refractivity contribution is -0.111. The molecule has 98 valence electrons. The number of anilines is 1. The third-order valence-corrected chi connectivity index (χ3v) is 3.17. The standard InChI is InChI=1S/C14H14BrN3O/c1-2-11-9-16-18-14(11)17-13(19)8-5-10-3-6-12(15)7-4-10/h3-9H,2H2,1H3,(H2,16,17,18,19)/b8-5+. The molecule has 1 heterocycles. The SMILES string of the molecule is CCc1cn[nH]c1NC(=O)/C=C/c1ccc(Br)cc1. The Kier molecular flexibility index (Phi) is 4.52. The van der Waals surface area contributed by atoms with Gasteiger partial charge in [0, 0.05) is 16.1 Å². The van der Waals surface area contributed by atoms with E-state index < -0.39 is 0 Å². The van der Waals surface area contributed by atoms with Crippen LogP contribution in [-0.4, -0.2) is 16.1 Å². The molecule has 1 amide bonds. The molecule has 0 spiro atoms. The van der Waals surface area contributed by atoms with Gasteiger partial charge in [-0.15, -0.1) is 0 Å². The molecule has 0 aliphatic heterocycles. The molecule has 0 saturated heterocycles. The Labute approximate surface area is 120 Å². The van der Waals surface area contributed by atoms with Crippen LogP contribution in [0.15, 0.2) is 41.0 Å². The number of aromatic nitrogens is 2. The van der Waals surface area contributed by atoms with Gasteiger partial charge in [0.15, 0.2) is 0 Å². The number of hydrogen-bond donors (Lipinski definition) is 2. The summed E-state index contributed by atoms with van der Waals surface area (Å²) in [6, 6.07) is 7.73. The van der Waals surface area contributed by atoms with E-state index in [1.54, 1.807) is 12.3 Å².